The number of ether oxygens (including phenoxy) is 1. The summed E-state index contributed by atoms with van der Waals surface area (Å²) in [5.41, 5.74) is 0. The second-order valence-corrected chi connectivity index (χ2v) is 3.92. The van der Waals surface area contributed by atoms with Crippen molar-refractivity contribution < 1.29 is 4.74 Å². The molecule has 76 valence electrons. The van der Waals surface area contributed by atoms with Gasteiger partial charge in [-0.1, -0.05) is 0 Å². The topological polar surface area (TPSA) is 22.1 Å². The predicted molar refractivity (Wildman–Crippen MR) is 62.5 cm³/mol. The molecule has 0 saturated carbocycles. The summed E-state index contributed by atoms with van der Waals surface area (Å²) >= 11 is 0. The fourth-order valence-corrected chi connectivity index (χ4v) is 1.65. The molecule has 4 heteroatoms. The van der Waals surface area contributed by atoms with Crippen LogP contribution in [0, 0.1) is 0 Å². The third-order valence-corrected chi connectivity index (χ3v) is 2.78. The van der Waals surface area contributed by atoms with Gasteiger partial charge in [-0.2, -0.15) is 0 Å². The van der Waals surface area contributed by atoms with Crippen molar-refractivity contribution >= 4 is 21.7 Å². The van der Waals surface area contributed by atoms with Gasteiger partial charge < -0.3 is 4.74 Å². The molecule has 0 spiro atoms. The molecule has 2 nitrogen and oxygen atoms in total. The highest BCUT2D eigenvalue weighted by molar-refractivity contribution is 8.21. The molecule has 0 aliphatic heterocycles. The Hall–Kier alpha value is -1.19. The lowest BCUT2D eigenvalue weighted by Crippen LogP contribution is -1.83. The molecule has 0 N–H and O–H groups in total. The first-order valence-corrected chi connectivity index (χ1v) is 5.99. The Balaban J connectivity index is 2.11. The lowest BCUT2D eigenvalue weighted by Gasteiger charge is -2.04. The summed E-state index contributed by atoms with van der Waals surface area (Å²) in [6.07, 6.45) is 3.39. The van der Waals surface area contributed by atoms with Gasteiger partial charge in [-0.25, -0.2) is 0 Å². The van der Waals surface area contributed by atoms with Crippen LogP contribution in [0.2, 0.25) is 0 Å². The molecule has 0 fully saturated rings. The standard InChI is InChI=1S/C11H8ClNOS/c12-15-11-3-1-9(2-4-11)14-10-5-7-13-8-6-10/h1-8H. The summed E-state index contributed by atoms with van der Waals surface area (Å²) in [5, 5.41) is 0. The number of hydrogen-bond acceptors (Lipinski definition) is 3. The molecule has 0 radical (unpaired) electrons. The molecule has 0 aliphatic rings. The van der Waals surface area contributed by atoms with Crippen molar-refractivity contribution in [3.05, 3.63) is 48.8 Å². The Bertz CT molecular complexity index is 418. The monoisotopic (exact) mass is 237 g/mol. The molecular weight excluding hydrogens is 230 g/mol. The lowest BCUT2D eigenvalue weighted by atomic mass is 10.3. The fourth-order valence-electron chi connectivity index (χ4n) is 1.10. The van der Waals surface area contributed by atoms with E-state index in [0.29, 0.717) is 0 Å². The van der Waals surface area contributed by atoms with E-state index in [4.69, 9.17) is 15.4 Å². The van der Waals surface area contributed by atoms with Crippen LogP contribution in [0.15, 0.2) is 53.7 Å². The van der Waals surface area contributed by atoms with Crippen molar-refractivity contribution in [1.29, 1.82) is 0 Å². The van der Waals surface area contributed by atoms with Gasteiger partial charge in [-0.3, -0.25) is 4.98 Å². The van der Waals surface area contributed by atoms with Crippen molar-refractivity contribution in [3.63, 3.8) is 0 Å². The van der Waals surface area contributed by atoms with Crippen molar-refractivity contribution in [3.8, 4) is 11.5 Å². The average molecular weight is 238 g/mol. The van der Waals surface area contributed by atoms with Crippen molar-refractivity contribution in [2.24, 2.45) is 0 Å². The number of hydrogen-bond donors (Lipinski definition) is 0. The Morgan fingerprint density at radius 1 is 0.933 bits per heavy atom. The van der Waals surface area contributed by atoms with Crippen LogP contribution in [0.5, 0.6) is 11.5 Å². The van der Waals surface area contributed by atoms with E-state index in [2.05, 4.69) is 4.98 Å². The number of halogens is 1. The van der Waals surface area contributed by atoms with Gasteiger partial charge in [0, 0.05) is 17.3 Å². The summed E-state index contributed by atoms with van der Waals surface area (Å²) in [6, 6.07) is 11.2. The summed E-state index contributed by atoms with van der Waals surface area (Å²) < 4.78 is 5.59. The van der Waals surface area contributed by atoms with E-state index in [-0.39, 0.29) is 0 Å². The minimum absolute atomic E-state index is 0.774. The zero-order chi connectivity index (χ0) is 10.5. The van der Waals surface area contributed by atoms with E-state index in [1.54, 1.807) is 12.4 Å². The third kappa shape index (κ3) is 2.88. The highest BCUT2D eigenvalue weighted by Crippen LogP contribution is 2.26. The Kier molecular flexibility index (Phi) is 3.48. The molecule has 0 aliphatic carbocycles. The number of pyridine rings is 1. The molecule has 0 bridgehead atoms. The SMILES string of the molecule is ClSc1ccc(Oc2ccncc2)cc1. The van der Waals surface area contributed by atoms with Gasteiger partial charge in [-0.15, -0.1) is 0 Å². The Labute approximate surface area is 96.8 Å². The first kappa shape index (κ1) is 10.3. The largest absolute Gasteiger partial charge is 0.457 e. The summed E-state index contributed by atoms with van der Waals surface area (Å²) in [7, 11) is 6.80. The molecule has 1 heterocycles. The van der Waals surface area contributed by atoms with E-state index < -0.39 is 0 Å². The van der Waals surface area contributed by atoms with E-state index >= 15 is 0 Å². The molecular formula is C11H8ClNOS. The molecule has 15 heavy (non-hydrogen) atoms. The first-order chi connectivity index (χ1) is 7.38. The Morgan fingerprint density at radius 2 is 1.53 bits per heavy atom. The van der Waals surface area contributed by atoms with Gasteiger partial charge >= 0.3 is 0 Å². The highest BCUT2D eigenvalue weighted by atomic mass is 35.7. The van der Waals surface area contributed by atoms with Crippen LogP contribution in [-0.2, 0) is 0 Å². The first-order valence-electron chi connectivity index (χ1n) is 4.35. The van der Waals surface area contributed by atoms with Crippen LogP contribution in [0.1, 0.15) is 0 Å². The predicted octanol–water partition coefficient (Wildman–Crippen LogP) is 4.12. The van der Waals surface area contributed by atoms with Gasteiger partial charge in [0.1, 0.15) is 11.5 Å². The zero-order valence-electron chi connectivity index (χ0n) is 7.76. The number of rotatable bonds is 3. The number of nitrogens with zero attached hydrogens (tertiary/aromatic N) is 1. The van der Waals surface area contributed by atoms with Crippen LogP contribution in [0.25, 0.3) is 0 Å². The fraction of sp³-hybridized carbons (Fsp3) is 0. The smallest absolute Gasteiger partial charge is 0.130 e. The van der Waals surface area contributed by atoms with Crippen molar-refractivity contribution in [2.45, 2.75) is 4.90 Å². The summed E-state index contributed by atoms with van der Waals surface area (Å²) in [6.45, 7) is 0. The van der Waals surface area contributed by atoms with Crippen LogP contribution in [0.3, 0.4) is 0 Å². The molecule has 0 atom stereocenters. The maximum absolute atomic E-state index is 5.61. The average Bonchev–Trinajstić information content (AvgIpc) is 2.31. The Morgan fingerprint density at radius 3 is 2.13 bits per heavy atom. The number of benzene rings is 1. The lowest BCUT2D eigenvalue weighted by molar-refractivity contribution is 0.481. The summed E-state index contributed by atoms with van der Waals surface area (Å²) in [5.74, 6) is 1.56. The minimum Gasteiger partial charge on any atom is -0.457 e. The third-order valence-electron chi connectivity index (χ3n) is 1.80. The van der Waals surface area contributed by atoms with Gasteiger partial charge in [0.05, 0.1) is 0 Å². The van der Waals surface area contributed by atoms with Crippen LogP contribution < -0.4 is 4.74 Å². The molecule has 1 aromatic heterocycles. The maximum atomic E-state index is 5.61. The quantitative estimate of drug-likeness (QED) is 0.802. The second-order valence-electron chi connectivity index (χ2n) is 2.83. The van der Waals surface area contributed by atoms with E-state index in [9.17, 15) is 0 Å². The van der Waals surface area contributed by atoms with E-state index in [0.717, 1.165) is 16.4 Å². The molecule has 2 aromatic rings. The minimum atomic E-state index is 0.774. The second kappa shape index (κ2) is 5.05. The van der Waals surface area contributed by atoms with E-state index in [1.165, 1.54) is 11.0 Å². The van der Waals surface area contributed by atoms with Gasteiger partial charge in [0.25, 0.3) is 0 Å². The molecule has 1 aromatic carbocycles. The van der Waals surface area contributed by atoms with Crippen LogP contribution >= 0.6 is 21.7 Å². The normalized spacial score (nSPS) is 9.93. The van der Waals surface area contributed by atoms with Crippen LogP contribution in [0.4, 0.5) is 0 Å². The molecule has 2 rings (SSSR count). The molecule has 0 saturated heterocycles. The van der Waals surface area contributed by atoms with Gasteiger partial charge in [-0.05, 0) is 58.1 Å². The zero-order valence-corrected chi connectivity index (χ0v) is 9.33. The van der Waals surface area contributed by atoms with Crippen molar-refractivity contribution in [2.75, 3.05) is 0 Å². The molecule has 0 amide bonds. The van der Waals surface area contributed by atoms with Gasteiger partial charge in [0.2, 0.25) is 0 Å². The van der Waals surface area contributed by atoms with Crippen molar-refractivity contribution in [1.82, 2.24) is 4.98 Å². The molecule has 0 unspecified atom stereocenters. The highest BCUT2D eigenvalue weighted by Gasteiger charge is 1.96. The maximum Gasteiger partial charge on any atom is 0.130 e. The van der Waals surface area contributed by atoms with E-state index in [1.807, 2.05) is 36.4 Å². The van der Waals surface area contributed by atoms with Gasteiger partial charge in [0.15, 0.2) is 0 Å². The van der Waals surface area contributed by atoms with Crippen LogP contribution in [-0.4, -0.2) is 4.98 Å². The summed E-state index contributed by atoms with van der Waals surface area (Å²) in [4.78, 5) is 4.91. The number of aromatic nitrogens is 1.